The summed E-state index contributed by atoms with van der Waals surface area (Å²) in [5.74, 6) is 0.585. The highest BCUT2D eigenvalue weighted by molar-refractivity contribution is 5.93. The first-order valence-electron chi connectivity index (χ1n) is 7.52. The molecule has 0 fully saturated rings. The van der Waals surface area contributed by atoms with Crippen molar-refractivity contribution in [1.82, 2.24) is 14.9 Å². The topological polar surface area (TPSA) is 49.3 Å². The maximum atomic E-state index is 12.2. The standard InChI is InChI=1S/C17H22N4O/c1-4-21(5-2)16(22)15-11-18-17(19-12-15)20(3)13-14-9-7-6-8-10-14/h6-12H,4-5,13H2,1-3H3. The van der Waals surface area contributed by atoms with Crippen LogP contribution < -0.4 is 4.90 Å². The summed E-state index contributed by atoms with van der Waals surface area (Å²) in [6.07, 6.45) is 3.20. The van der Waals surface area contributed by atoms with Crippen LogP contribution in [-0.4, -0.2) is 40.9 Å². The molecule has 0 N–H and O–H groups in total. The van der Waals surface area contributed by atoms with E-state index in [9.17, 15) is 4.79 Å². The number of carbonyl (C=O) groups is 1. The number of aromatic nitrogens is 2. The normalized spacial score (nSPS) is 10.3. The molecule has 2 rings (SSSR count). The molecule has 1 aromatic heterocycles. The van der Waals surface area contributed by atoms with Crippen LogP contribution in [0.3, 0.4) is 0 Å². The number of anilines is 1. The molecule has 0 saturated carbocycles. The van der Waals surface area contributed by atoms with Crippen molar-refractivity contribution in [2.45, 2.75) is 20.4 Å². The van der Waals surface area contributed by atoms with Gasteiger partial charge in [0.15, 0.2) is 0 Å². The van der Waals surface area contributed by atoms with Crippen LogP contribution in [0.4, 0.5) is 5.95 Å². The summed E-state index contributed by atoms with van der Waals surface area (Å²) in [6, 6.07) is 10.1. The van der Waals surface area contributed by atoms with Crippen LogP contribution in [0.5, 0.6) is 0 Å². The molecule has 5 nitrogen and oxygen atoms in total. The minimum atomic E-state index is -0.0257. The van der Waals surface area contributed by atoms with Crippen LogP contribution >= 0.6 is 0 Å². The summed E-state index contributed by atoms with van der Waals surface area (Å²) >= 11 is 0. The molecule has 1 aromatic carbocycles. The lowest BCUT2D eigenvalue weighted by Crippen LogP contribution is -2.30. The van der Waals surface area contributed by atoms with E-state index in [0.29, 0.717) is 24.6 Å². The first-order chi connectivity index (χ1) is 10.7. The van der Waals surface area contributed by atoms with Gasteiger partial charge in [0.25, 0.3) is 5.91 Å². The highest BCUT2D eigenvalue weighted by Gasteiger charge is 2.14. The second-order valence-corrected chi connectivity index (χ2v) is 5.09. The summed E-state index contributed by atoms with van der Waals surface area (Å²) < 4.78 is 0. The van der Waals surface area contributed by atoms with E-state index >= 15 is 0 Å². The van der Waals surface area contributed by atoms with E-state index < -0.39 is 0 Å². The first kappa shape index (κ1) is 15.9. The number of benzene rings is 1. The van der Waals surface area contributed by atoms with Crippen LogP contribution in [0, 0.1) is 0 Å². The lowest BCUT2D eigenvalue weighted by molar-refractivity contribution is 0.0772. The molecule has 0 unspecified atom stereocenters. The maximum absolute atomic E-state index is 12.2. The first-order valence-corrected chi connectivity index (χ1v) is 7.52. The van der Waals surface area contributed by atoms with Gasteiger partial charge >= 0.3 is 0 Å². The van der Waals surface area contributed by atoms with E-state index in [4.69, 9.17) is 0 Å². The highest BCUT2D eigenvalue weighted by Crippen LogP contribution is 2.11. The number of rotatable bonds is 6. The molecule has 0 aliphatic heterocycles. The van der Waals surface area contributed by atoms with Crippen LogP contribution in [0.2, 0.25) is 0 Å². The van der Waals surface area contributed by atoms with Gasteiger partial charge < -0.3 is 9.80 Å². The molecule has 0 radical (unpaired) electrons. The zero-order valence-corrected chi connectivity index (χ0v) is 13.4. The van der Waals surface area contributed by atoms with Crippen LogP contribution in [0.25, 0.3) is 0 Å². The van der Waals surface area contributed by atoms with E-state index in [-0.39, 0.29) is 5.91 Å². The largest absolute Gasteiger partial charge is 0.340 e. The van der Waals surface area contributed by atoms with E-state index in [1.807, 2.05) is 44.0 Å². The molecule has 0 spiro atoms. The Hall–Kier alpha value is -2.43. The quantitative estimate of drug-likeness (QED) is 0.822. The molecule has 0 aliphatic rings. The van der Waals surface area contributed by atoms with Gasteiger partial charge in [0.1, 0.15) is 0 Å². The van der Waals surface area contributed by atoms with Gasteiger partial charge in [-0.2, -0.15) is 0 Å². The molecule has 1 heterocycles. The molecule has 22 heavy (non-hydrogen) atoms. The Balaban J connectivity index is 2.06. The molecule has 5 heteroatoms. The number of hydrogen-bond donors (Lipinski definition) is 0. The fourth-order valence-corrected chi connectivity index (χ4v) is 2.25. The van der Waals surface area contributed by atoms with E-state index in [1.54, 1.807) is 17.3 Å². The van der Waals surface area contributed by atoms with Gasteiger partial charge in [-0.25, -0.2) is 9.97 Å². The number of hydrogen-bond acceptors (Lipinski definition) is 4. The molecule has 0 atom stereocenters. The van der Waals surface area contributed by atoms with Crippen molar-refractivity contribution in [3.8, 4) is 0 Å². The molecular weight excluding hydrogens is 276 g/mol. The van der Waals surface area contributed by atoms with Crippen LogP contribution in [0.15, 0.2) is 42.7 Å². The molecule has 0 bridgehead atoms. The second-order valence-electron chi connectivity index (χ2n) is 5.09. The Labute approximate surface area is 131 Å². The SMILES string of the molecule is CCN(CC)C(=O)c1cnc(N(C)Cc2ccccc2)nc1. The average Bonchev–Trinajstić information content (AvgIpc) is 2.57. The molecule has 1 amide bonds. The highest BCUT2D eigenvalue weighted by atomic mass is 16.2. The van der Waals surface area contributed by atoms with Gasteiger partial charge in [-0.3, -0.25) is 4.79 Å². The number of carbonyl (C=O) groups excluding carboxylic acids is 1. The number of nitrogens with zero attached hydrogens (tertiary/aromatic N) is 4. The van der Waals surface area contributed by atoms with Crippen molar-refractivity contribution in [2.24, 2.45) is 0 Å². The fraction of sp³-hybridized carbons (Fsp3) is 0.353. The summed E-state index contributed by atoms with van der Waals surface area (Å²) in [7, 11) is 1.94. The van der Waals surface area contributed by atoms with Gasteiger partial charge in [-0.1, -0.05) is 30.3 Å². The third-order valence-electron chi connectivity index (χ3n) is 3.54. The summed E-state index contributed by atoms with van der Waals surface area (Å²) in [5.41, 5.74) is 1.72. The molecule has 116 valence electrons. The summed E-state index contributed by atoms with van der Waals surface area (Å²) in [5, 5.41) is 0. The Morgan fingerprint density at radius 3 is 2.18 bits per heavy atom. The monoisotopic (exact) mass is 298 g/mol. The Kier molecular flexibility index (Phi) is 5.47. The lowest BCUT2D eigenvalue weighted by atomic mass is 10.2. The van der Waals surface area contributed by atoms with Crippen molar-refractivity contribution in [3.05, 3.63) is 53.9 Å². The molecule has 2 aromatic rings. The van der Waals surface area contributed by atoms with E-state index in [2.05, 4.69) is 22.1 Å². The zero-order chi connectivity index (χ0) is 15.9. The predicted molar refractivity (Wildman–Crippen MR) is 87.8 cm³/mol. The second kappa shape index (κ2) is 7.54. The van der Waals surface area contributed by atoms with E-state index in [1.165, 1.54) is 5.56 Å². The van der Waals surface area contributed by atoms with Gasteiger partial charge in [0, 0.05) is 39.1 Å². The Morgan fingerprint density at radius 2 is 1.64 bits per heavy atom. The minimum Gasteiger partial charge on any atom is -0.340 e. The van der Waals surface area contributed by atoms with Gasteiger partial charge in [0.05, 0.1) is 5.56 Å². The smallest absolute Gasteiger partial charge is 0.256 e. The summed E-state index contributed by atoms with van der Waals surface area (Å²) in [4.78, 5) is 24.6. The fourth-order valence-electron chi connectivity index (χ4n) is 2.25. The average molecular weight is 298 g/mol. The van der Waals surface area contributed by atoms with Crippen molar-refractivity contribution < 1.29 is 4.79 Å². The van der Waals surface area contributed by atoms with Crippen molar-refractivity contribution >= 4 is 11.9 Å². The Bertz CT molecular complexity index is 594. The molecular formula is C17H22N4O. The van der Waals surface area contributed by atoms with Crippen molar-refractivity contribution in [2.75, 3.05) is 25.0 Å². The third-order valence-corrected chi connectivity index (χ3v) is 3.54. The van der Waals surface area contributed by atoms with Gasteiger partial charge in [-0.05, 0) is 19.4 Å². The van der Waals surface area contributed by atoms with Crippen molar-refractivity contribution in [1.29, 1.82) is 0 Å². The van der Waals surface area contributed by atoms with Crippen LogP contribution in [0.1, 0.15) is 29.8 Å². The maximum Gasteiger partial charge on any atom is 0.256 e. The lowest BCUT2D eigenvalue weighted by Gasteiger charge is -2.19. The summed E-state index contributed by atoms with van der Waals surface area (Å²) in [6.45, 7) is 6.02. The van der Waals surface area contributed by atoms with Gasteiger partial charge in [-0.15, -0.1) is 0 Å². The van der Waals surface area contributed by atoms with E-state index in [0.717, 1.165) is 6.54 Å². The molecule has 0 aliphatic carbocycles. The zero-order valence-electron chi connectivity index (χ0n) is 13.4. The van der Waals surface area contributed by atoms with Crippen LogP contribution in [-0.2, 0) is 6.54 Å². The molecule has 0 saturated heterocycles. The Morgan fingerprint density at radius 1 is 1.05 bits per heavy atom. The predicted octanol–water partition coefficient (Wildman–Crippen LogP) is 2.60. The minimum absolute atomic E-state index is 0.0257. The third kappa shape index (κ3) is 3.81. The van der Waals surface area contributed by atoms with Crippen molar-refractivity contribution in [3.63, 3.8) is 0 Å². The number of amides is 1. The van der Waals surface area contributed by atoms with Gasteiger partial charge in [0.2, 0.25) is 5.95 Å².